The van der Waals surface area contributed by atoms with Crippen LogP contribution in [-0.2, 0) is 14.5 Å². The molecule has 0 aliphatic heterocycles. The Bertz CT molecular complexity index is 903. The summed E-state index contributed by atoms with van der Waals surface area (Å²) in [5.74, 6) is 0.851. The Hall–Kier alpha value is -1.41. The van der Waals surface area contributed by atoms with Gasteiger partial charge in [-0.25, -0.2) is 0 Å². The predicted molar refractivity (Wildman–Crippen MR) is 196 cm³/mol. The van der Waals surface area contributed by atoms with E-state index in [0.29, 0.717) is 13.2 Å². The van der Waals surface area contributed by atoms with Crippen LogP contribution in [-0.4, -0.2) is 13.2 Å². The topological polar surface area (TPSA) is 27.7 Å². The van der Waals surface area contributed by atoms with Crippen molar-refractivity contribution in [3.8, 4) is 5.75 Å². The second kappa shape index (κ2) is 26.6. The lowest BCUT2D eigenvalue weighted by atomic mass is 9.78. The molecular weight excluding hydrogens is 571 g/mol. The molecule has 45 heavy (non-hydrogen) atoms. The third-order valence-corrected chi connectivity index (χ3v) is 10.1. The first-order chi connectivity index (χ1) is 22.1. The van der Waals surface area contributed by atoms with Crippen LogP contribution in [0.2, 0.25) is 0 Å². The van der Waals surface area contributed by atoms with Crippen molar-refractivity contribution in [2.24, 2.45) is 0 Å². The van der Waals surface area contributed by atoms with Gasteiger partial charge in [0.05, 0.1) is 13.2 Å². The number of hydrogen-bond donors (Lipinski definition) is 0. The standard InChI is InChI=1S/C41H68O3P/c1-5-7-9-11-13-15-17-19-21-23-30-36-42-45(43-37-31-24-22-20-18-16-14-12-10-8-6-2)44-40-35-29-28-34-39(40)41(3,4)38-32-26-25-27-33-38/h25-29,32,34-35H,5-24,30-31,36-37H2,1-4H3. The van der Waals surface area contributed by atoms with Crippen molar-refractivity contribution in [3.05, 3.63) is 65.7 Å². The van der Waals surface area contributed by atoms with Crippen LogP contribution in [0.5, 0.6) is 5.75 Å². The Balaban J connectivity index is 1.79. The molecule has 0 amide bonds. The largest absolute Gasteiger partial charge is 0.426 e. The molecule has 3 nitrogen and oxygen atoms in total. The van der Waals surface area contributed by atoms with Crippen molar-refractivity contribution in [2.75, 3.05) is 13.2 Å². The summed E-state index contributed by atoms with van der Waals surface area (Å²) in [5.41, 5.74) is 2.04. The first-order valence-electron chi connectivity index (χ1n) is 18.9. The van der Waals surface area contributed by atoms with Crippen molar-refractivity contribution in [1.82, 2.24) is 0 Å². The molecule has 0 atom stereocenters. The highest BCUT2D eigenvalue weighted by molar-refractivity contribution is 7.42. The van der Waals surface area contributed by atoms with Crippen molar-refractivity contribution < 1.29 is 13.6 Å². The van der Waals surface area contributed by atoms with Crippen LogP contribution in [0.4, 0.5) is 0 Å². The van der Waals surface area contributed by atoms with Gasteiger partial charge in [-0.3, -0.25) is 0 Å². The minimum absolute atomic E-state index is 0.245. The van der Waals surface area contributed by atoms with Gasteiger partial charge in [-0.15, -0.1) is 0 Å². The quantitative estimate of drug-likeness (QED) is 0.0629. The fourth-order valence-corrected chi connectivity index (χ4v) is 7.03. The number of unbranched alkanes of at least 4 members (excludes halogenated alkanes) is 20. The molecule has 0 unspecified atom stereocenters. The molecule has 2 aromatic carbocycles. The number of benzene rings is 2. The van der Waals surface area contributed by atoms with Gasteiger partial charge in [-0.05, 0) is 30.5 Å². The van der Waals surface area contributed by atoms with Gasteiger partial charge in [0.2, 0.25) is 0 Å². The van der Waals surface area contributed by atoms with E-state index in [0.717, 1.165) is 29.7 Å². The highest BCUT2D eigenvalue weighted by atomic mass is 31.2. The molecule has 0 fully saturated rings. The van der Waals surface area contributed by atoms with Crippen LogP contribution in [0.1, 0.15) is 180 Å². The summed E-state index contributed by atoms with van der Waals surface area (Å²) >= 11 is 0. The van der Waals surface area contributed by atoms with E-state index < -0.39 is 8.60 Å². The van der Waals surface area contributed by atoms with Crippen molar-refractivity contribution in [1.29, 1.82) is 0 Å². The van der Waals surface area contributed by atoms with Crippen LogP contribution in [0, 0.1) is 6.07 Å². The molecule has 0 heterocycles. The number of hydrogen-bond acceptors (Lipinski definition) is 3. The van der Waals surface area contributed by atoms with Gasteiger partial charge < -0.3 is 13.6 Å². The van der Waals surface area contributed by atoms with Crippen LogP contribution in [0.25, 0.3) is 0 Å². The molecule has 2 aromatic rings. The van der Waals surface area contributed by atoms with E-state index in [1.165, 1.54) is 128 Å². The zero-order valence-electron chi connectivity index (χ0n) is 29.8. The van der Waals surface area contributed by atoms with Crippen molar-refractivity contribution >= 4 is 8.60 Å². The molecular formula is C41H68O3P. The van der Waals surface area contributed by atoms with Crippen LogP contribution in [0.15, 0.2) is 48.5 Å². The molecule has 0 spiro atoms. The van der Waals surface area contributed by atoms with Gasteiger partial charge in [0.25, 0.3) is 0 Å². The summed E-state index contributed by atoms with van der Waals surface area (Å²) in [4.78, 5) is 0. The Morgan fingerprint density at radius 3 is 1.40 bits per heavy atom. The van der Waals surface area contributed by atoms with E-state index >= 15 is 0 Å². The van der Waals surface area contributed by atoms with E-state index in [9.17, 15) is 0 Å². The summed E-state index contributed by atoms with van der Waals surface area (Å²) in [6, 6.07) is 20.0. The molecule has 0 saturated carbocycles. The van der Waals surface area contributed by atoms with Crippen LogP contribution in [0.3, 0.4) is 0 Å². The second-order valence-corrected chi connectivity index (χ2v) is 14.6. The van der Waals surface area contributed by atoms with Gasteiger partial charge in [-0.2, -0.15) is 0 Å². The van der Waals surface area contributed by atoms with Gasteiger partial charge in [0, 0.05) is 11.0 Å². The van der Waals surface area contributed by atoms with E-state index in [1.807, 2.05) is 18.2 Å². The van der Waals surface area contributed by atoms with Gasteiger partial charge in [0.15, 0.2) is 0 Å². The molecule has 255 valence electrons. The first-order valence-corrected chi connectivity index (χ1v) is 20.0. The maximum absolute atomic E-state index is 6.56. The van der Waals surface area contributed by atoms with E-state index in [1.54, 1.807) is 0 Å². The molecule has 0 aliphatic carbocycles. The average Bonchev–Trinajstić information content (AvgIpc) is 3.06. The monoisotopic (exact) mass is 639 g/mol. The molecule has 0 aliphatic rings. The summed E-state index contributed by atoms with van der Waals surface area (Å²) in [6.07, 6.45) is 29.2. The van der Waals surface area contributed by atoms with Gasteiger partial charge in [0.1, 0.15) is 5.75 Å². The highest BCUT2D eigenvalue weighted by Crippen LogP contribution is 2.46. The Morgan fingerprint density at radius 1 is 0.533 bits per heavy atom. The lowest BCUT2D eigenvalue weighted by Gasteiger charge is -2.29. The predicted octanol–water partition coefficient (Wildman–Crippen LogP) is 14.1. The summed E-state index contributed by atoms with van der Waals surface area (Å²) in [6.45, 7) is 10.4. The summed E-state index contributed by atoms with van der Waals surface area (Å²) in [5, 5.41) is 0. The fourth-order valence-electron chi connectivity index (χ4n) is 5.97. The highest BCUT2D eigenvalue weighted by Gasteiger charge is 2.28. The van der Waals surface area contributed by atoms with E-state index in [4.69, 9.17) is 13.6 Å². The lowest BCUT2D eigenvalue weighted by molar-refractivity contribution is 0.198. The van der Waals surface area contributed by atoms with Gasteiger partial charge in [-0.1, -0.05) is 199 Å². The Kier molecular flexibility index (Phi) is 23.5. The normalized spacial score (nSPS) is 11.8. The van der Waals surface area contributed by atoms with Crippen molar-refractivity contribution in [3.63, 3.8) is 0 Å². The van der Waals surface area contributed by atoms with Gasteiger partial charge >= 0.3 is 8.60 Å². The minimum atomic E-state index is -1.46. The Labute approximate surface area is 280 Å². The van der Waals surface area contributed by atoms with Crippen LogP contribution < -0.4 is 4.52 Å². The minimum Gasteiger partial charge on any atom is -0.426 e. The SMILES string of the molecule is CCCCCCCCCCCCCOP(OCCCCCCCCCCCCC)Oc1ccccc1C(C)(C)c1[c]cccc1. The zero-order chi connectivity index (χ0) is 32.3. The molecule has 1 radical (unpaired) electrons. The van der Waals surface area contributed by atoms with E-state index in [2.05, 4.69) is 64.1 Å². The average molecular weight is 640 g/mol. The maximum atomic E-state index is 6.56. The zero-order valence-corrected chi connectivity index (χ0v) is 30.7. The molecule has 0 bridgehead atoms. The molecule has 0 saturated heterocycles. The molecule has 0 aromatic heterocycles. The first kappa shape index (κ1) is 39.8. The number of rotatable bonds is 30. The number of para-hydroxylation sites is 1. The van der Waals surface area contributed by atoms with Crippen LogP contribution >= 0.6 is 8.60 Å². The lowest BCUT2D eigenvalue weighted by Crippen LogP contribution is -2.20. The van der Waals surface area contributed by atoms with Crippen molar-refractivity contribution in [2.45, 2.75) is 174 Å². The summed E-state index contributed by atoms with van der Waals surface area (Å²) < 4.78 is 19.2. The summed E-state index contributed by atoms with van der Waals surface area (Å²) in [7, 11) is -1.46. The van der Waals surface area contributed by atoms with E-state index in [-0.39, 0.29) is 5.41 Å². The maximum Gasteiger partial charge on any atom is 0.397 e. The molecule has 4 heteroatoms. The third-order valence-electron chi connectivity index (χ3n) is 9.00. The Morgan fingerprint density at radius 2 is 0.956 bits per heavy atom. The third kappa shape index (κ3) is 18.5. The fraction of sp³-hybridized carbons (Fsp3) is 0.707. The molecule has 0 N–H and O–H groups in total. The smallest absolute Gasteiger partial charge is 0.397 e. The molecule has 2 rings (SSSR count). The second-order valence-electron chi connectivity index (χ2n) is 13.4.